The van der Waals surface area contributed by atoms with Gasteiger partial charge >= 0.3 is 0 Å². The smallest absolute Gasteiger partial charge is 0.292 e. The van der Waals surface area contributed by atoms with Crippen molar-refractivity contribution in [3.05, 3.63) is 70.4 Å². The zero-order chi connectivity index (χ0) is 20.8. The number of H-pyrrole nitrogens is 1. The Labute approximate surface area is 168 Å². The minimum Gasteiger partial charge on any atom is -0.459 e. The summed E-state index contributed by atoms with van der Waals surface area (Å²) in [5, 5.41) is 5.06. The van der Waals surface area contributed by atoms with E-state index in [1.807, 2.05) is 0 Å². The first-order chi connectivity index (χ1) is 13.9. The summed E-state index contributed by atoms with van der Waals surface area (Å²) in [5.41, 5.74) is -0.582. The largest absolute Gasteiger partial charge is 0.459 e. The Morgan fingerprint density at radius 3 is 2.48 bits per heavy atom. The first kappa shape index (κ1) is 20.1. The van der Waals surface area contributed by atoms with E-state index in [1.54, 1.807) is 30.3 Å². The molecule has 0 saturated carbocycles. The van der Waals surface area contributed by atoms with Crippen LogP contribution >= 0.6 is 11.8 Å². The number of nitrogens with zero attached hydrogens (tertiary/aromatic N) is 1. The van der Waals surface area contributed by atoms with Crippen molar-refractivity contribution in [3.8, 4) is 0 Å². The van der Waals surface area contributed by atoms with Crippen LogP contribution in [0.4, 0.5) is 11.5 Å². The molecular formula is C19H16N4O5S. The minimum atomic E-state index is -0.676. The third kappa shape index (κ3) is 5.20. The highest BCUT2D eigenvalue weighted by atomic mass is 32.2. The number of amides is 2. The summed E-state index contributed by atoms with van der Waals surface area (Å²) in [4.78, 5) is 55.2. The number of hydrogen-bond donors (Lipinski definition) is 3. The Kier molecular flexibility index (Phi) is 6.25. The van der Waals surface area contributed by atoms with Crippen LogP contribution < -0.4 is 16.2 Å². The summed E-state index contributed by atoms with van der Waals surface area (Å²) in [6.45, 7) is 1.40. The number of hydrogen-bond acceptors (Lipinski definition) is 7. The van der Waals surface area contributed by atoms with Gasteiger partial charge in [-0.05, 0) is 31.2 Å². The van der Waals surface area contributed by atoms with Gasteiger partial charge in [0.05, 0.1) is 12.0 Å². The molecule has 0 saturated heterocycles. The maximum atomic E-state index is 12.6. The molecule has 2 heterocycles. The molecule has 9 nitrogen and oxygen atoms in total. The van der Waals surface area contributed by atoms with Gasteiger partial charge in [-0.3, -0.25) is 24.2 Å². The van der Waals surface area contributed by atoms with Crippen LogP contribution in [0.1, 0.15) is 27.8 Å². The Bertz CT molecular complexity index is 1090. The van der Waals surface area contributed by atoms with Crippen LogP contribution in [-0.2, 0) is 4.79 Å². The third-order valence-corrected chi connectivity index (χ3v) is 4.58. The summed E-state index contributed by atoms with van der Waals surface area (Å²) >= 11 is 1.00. The summed E-state index contributed by atoms with van der Waals surface area (Å²) in [5.74, 6) is -1.37. The summed E-state index contributed by atoms with van der Waals surface area (Å²) < 4.78 is 5.03. The molecule has 2 amide bonds. The van der Waals surface area contributed by atoms with Gasteiger partial charge in [-0.25, -0.2) is 4.98 Å². The first-order valence-electron chi connectivity index (χ1n) is 8.42. The Morgan fingerprint density at radius 1 is 1.07 bits per heavy atom. The molecule has 0 spiro atoms. The number of aromatic nitrogens is 2. The fourth-order valence-corrected chi connectivity index (χ4v) is 2.91. The van der Waals surface area contributed by atoms with E-state index in [1.165, 1.54) is 25.3 Å². The highest BCUT2D eigenvalue weighted by Crippen LogP contribution is 2.21. The average Bonchev–Trinajstić information content (AvgIpc) is 3.24. The highest BCUT2D eigenvalue weighted by Gasteiger charge is 2.19. The van der Waals surface area contributed by atoms with Crippen molar-refractivity contribution >= 4 is 40.9 Å². The molecule has 0 radical (unpaired) electrons. The van der Waals surface area contributed by atoms with E-state index in [0.29, 0.717) is 5.56 Å². The fraction of sp³-hybridized carbons (Fsp3) is 0.105. The number of nitrogens with one attached hydrogen (secondary N) is 3. The van der Waals surface area contributed by atoms with Crippen molar-refractivity contribution in [2.24, 2.45) is 0 Å². The molecule has 3 rings (SSSR count). The quantitative estimate of drug-likeness (QED) is 0.401. The van der Waals surface area contributed by atoms with Gasteiger partial charge in [0.25, 0.3) is 17.4 Å². The number of carbonyl (C=O) groups excluding carboxylic acids is 3. The van der Waals surface area contributed by atoms with E-state index in [9.17, 15) is 19.2 Å². The zero-order valence-corrected chi connectivity index (χ0v) is 16.0. The topological polar surface area (TPSA) is 134 Å². The van der Waals surface area contributed by atoms with E-state index >= 15 is 0 Å². The molecular weight excluding hydrogens is 396 g/mol. The second kappa shape index (κ2) is 9.02. The molecule has 29 heavy (non-hydrogen) atoms. The average molecular weight is 412 g/mol. The maximum absolute atomic E-state index is 12.6. The molecule has 1 aromatic carbocycles. The molecule has 0 bridgehead atoms. The van der Waals surface area contributed by atoms with Crippen molar-refractivity contribution in [2.75, 3.05) is 16.4 Å². The number of rotatable bonds is 7. The van der Waals surface area contributed by atoms with Gasteiger partial charge in [-0.2, -0.15) is 0 Å². The molecule has 3 N–H and O–H groups in total. The standard InChI is InChI=1S/C19H16N4O5S/c1-11(24)10-29-19-22-15(21-17(26)13-8-5-9-28-13)14(18(27)23-19)20-16(25)12-6-3-2-4-7-12/h2-9H,10H2,1H3,(H,20,25)(H2,21,22,23,26,27). The Balaban J connectivity index is 1.94. The maximum Gasteiger partial charge on any atom is 0.292 e. The lowest BCUT2D eigenvalue weighted by atomic mass is 10.2. The molecule has 2 aromatic heterocycles. The Hall–Kier alpha value is -3.66. The van der Waals surface area contributed by atoms with Crippen LogP contribution in [0.5, 0.6) is 0 Å². The van der Waals surface area contributed by atoms with Crippen LogP contribution in [0.3, 0.4) is 0 Å². The van der Waals surface area contributed by atoms with Crippen LogP contribution in [0.2, 0.25) is 0 Å². The first-order valence-corrected chi connectivity index (χ1v) is 9.40. The van der Waals surface area contributed by atoms with Crippen LogP contribution in [0, 0.1) is 0 Å². The molecule has 0 aliphatic heterocycles. The van der Waals surface area contributed by atoms with Gasteiger partial charge in [-0.15, -0.1) is 0 Å². The summed E-state index contributed by atoms with van der Waals surface area (Å²) in [7, 11) is 0. The lowest BCUT2D eigenvalue weighted by Crippen LogP contribution is -2.25. The van der Waals surface area contributed by atoms with E-state index in [2.05, 4.69) is 20.6 Å². The second-order valence-corrected chi connectivity index (χ2v) is 6.80. The predicted molar refractivity (Wildman–Crippen MR) is 107 cm³/mol. The number of furan rings is 1. The van der Waals surface area contributed by atoms with Gasteiger partial charge in [0, 0.05) is 5.56 Å². The van der Waals surface area contributed by atoms with Crippen molar-refractivity contribution < 1.29 is 18.8 Å². The molecule has 10 heteroatoms. The molecule has 0 atom stereocenters. The summed E-state index contributed by atoms with van der Waals surface area (Å²) in [6, 6.07) is 11.2. The predicted octanol–water partition coefficient (Wildman–Crippen LogP) is 2.55. The van der Waals surface area contributed by atoms with Gasteiger partial charge in [0.1, 0.15) is 5.78 Å². The van der Waals surface area contributed by atoms with Crippen molar-refractivity contribution in [1.29, 1.82) is 0 Å². The van der Waals surface area contributed by atoms with Crippen LogP contribution in [0.15, 0.2) is 63.1 Å². The molecule has 0 unspecified atom stereocenters. The van der Waals surface area contributed by atoms with Crippen molar-refractivity contribution in [2.45, 2.75) is 12.1 Å². The SMILES string of the molecule is CC(=O)CSc1nc(NC(=O)c2ccco2)c(NC(=O)c2ccccc2)c(=O)[nH]1. The highest BCUT2D eigenvalue weighted by molar-refractivity contribution is 7.99. The van der Waals surface area contributed by atoms with Gasteiger partial charge in [0.2, 0.25) is 0 Å². The van der Waals surface area contributed by atoms with E-state index < -0.39 is 17.4 Å². The number of carbonyl (C=O) groups is 3. The van der Waals surface area contributed by atoms with Gasteiger partial charge < -0.3 is 15.1 Å². The number of anilines is 2. The lowest BCUT2D eigenvalue weighted by molar-refractivity contribution is -0.114. The van der Waals surface area contributed by atoms with Crippen LogP contribution in [-0.4, -0.2) is 33.3 Å². The summed E-state index contributed by atoms with van der Waals surface area (Å²) in [6.07, 6.45) is 1.33. The molecule has 0 aliphatic carbocycles. The van der Waals surface area contributed by atoms with Crippen molar-refractivity contribution in [1.82, 2.24) is 9.97 Å². The molecule has 0 fully saturated rings. The van der Waals surface area contributed by atoms with E-state index in [4.69, 9.17) is 4.42 Å². The third-order valence-electron chi connectivity index (χ3n) is 3.56. The number of ketones is 1. The minimum absolute atomic E-state index is 0.00496. The fourth-order valence-electron chi connectivity index (χ4n) is 2.25. The normalized spacial score (nSPS) is 10.4. The number of Topliss-reactive ketones (excluding diaryl/α,β-unsaturated/α-hetero) is 1. The molecule has 0 aliphatic rings. The van der Waals surface area contributed by atoms with E-state index in [-0.39, 0.29) is 34.0 Å². The number of benzene rings is 1. The van der Waals surface area contributed by atoms with E-state index in [0.717, 1.165) is 11.8 Å². The van der Waals surface area contributed by atoms with Crippen molar-refractivity contribution in [3.63, 3.8) is 0 Å². The second-order valence-electron chi connectivity index (χ2n) is 5.84. The molecule has 3 aromatic rings. The number of aromatic amines is 1. The van der Waals surface area contributed by atoms with Gasteiger partial charge in [-0.1, -0.05) is 30.0 Å². The van der Waals surface area contributed by atoms with Crippen LogP contribution in [0.25, 0.3) is 0 Å². The lowest BCUT2D eigenvalue weighted by Gasteiger charge is -2.11. The van der Waals surface area contributed by atoms with Gasteiger partial charge in [0.15, 0.2) is 22.4 Å². The molecule has 148 valence electrons. The number of thioether (sulfide) groups is 1. The monoisotopic (exact) mass is 412 g/mol. The Morgan fingerprint density at radius 2 is 1.83 bits per heavy atom. The zero-order valence-electron chi connectivity index (χ0n) is 15.2.